The van der Waals surface area contributed by atoms with Gasteiger partial charge in [0.2, 0.25) is 0 Å². The van der Waals surface area contributed by atoms with E-state index in [0.29, 0.717) is 12.1 Å². The van der Waals surface area contributed by atoms with Crippen molar-refractivity contribution in [1.29, 1.82) is 0 Å². The summed E-state index contributed by atoms with van der Waals surface area (Å²) in [5.74, 6) is 0.724. The van der Waals surface area contributed by atoms with Gasteiger partial charge < -0.3 is 10.1 Å². The minimum Gasteiger partial charge on any atom is -0.380 e. The van der Waals surface area contributed by atoms with E-state index < -0.39 is 0 Å². The molecule has 0 radical (unpaired) electrons. The van der Waals surface area contributed by atoms with Crippen LogP contribution in [0.5, 0.6) is 0 Å². The van der Waals surface area contributed by atoms with Gasteiger partial charge in [-0.3, -0.25) is 4.68 Å². The Hall–Kier alpha value is -0.390. The van der Waals surface area contributed by atoms with Crippen LogP contribution in [-0.2, 0) is 24.1 Å². The standard InChI is InChI=1S/C16H28BrN3O/c1-5-12-15(17)14(20(7-3)19-12)10-13(18-6-2)16(21-4)11-8-9-11/h11,13,16,18H,5-10H2,1-4H3. The van der Waals surface area contributed by atoms with Crippen LogP contribution < -0.4 is 5.32 Å². The summed E-state index contributed by atoms with van der Waals surface area (Å²) >= 11 is 3.75. The third kappa shape index (κ3) is 3.88. The Morgan fingerprint density at radius 1 is 1.38 bits per heavy atom. The van der Waals surface area contributed by atoms with Gasteiger partial charge in [0.05, 0.1) is 22.0 Å². The highest BCUT2D eigenvalue weighted by molar-refractivity contribution is 9.10. The number of nitrogens with zero attached hydrogens (tertiary/aromatic N) is 2. The van der Waals surface area contributed by atoms with E-state index in [1.807, 2.05) is 7.11 Å². The zero-order chi connectivity index (χ0) is 15.4. The molecule has 1 aliphatic rings. The first-order chi connectivity index (χ1) is 10.2. The molecule has 2 rings (SSSR count). The summed E-state index contributed by atoms with van der Waals surface area (Å²) in [6.07, 6.45) is 4.83. The number of nitrogens with one attached hydrogen (secondary N) is 1. The Morgan fingerprint density at radius 3 is 2.57 bits per heavy atom. The predicted molar refractivity (Wildman–Crippen MR) is 89.7 cm³/mol. The lowest BCUT2D eigenvalue weighted by Crippen LogP contribution is -2.44. The maximum atomic E-state index is 5.80. The Kier molecular flexibility index (Phi) is 6.26. The van der Waals surface area contributed by atoms with Crippen LogP contribution in [0.3, 0.4) is 0 Å². The Labute approximate surface area is 136 Å². The molecule has 2 unspecified atom stereocenters. The monoisotopic (exact) mass is 357 g/mol. The lowest BCUT2D eigenvalue weighted by Gasteiger charge is -2.27. The van der Waals surface area contributed by atoms with Crippen LogP contribution in [0.15, 0.2) is 4.47 Å². The third-order valence-corrected chi connectivity index (χ3v) is 5.24. The van der Waals surface area contributed by atoms with E-state index in [0.717, 1.165) is 37.5 Å². The second-order valence-electron chi connectivity index (χ2n) is 5.78. The summed E-state index contributed by atoms with van der Waals surface area (Å²) in [4.78, 5) is 0. The minimum absolute atomic E-state index is 0.308. The summed E-state index contributed by atoms with van der Waals surface area (Å²) in [6, 6.07) is 0.357. The number of hydrogen-bond acceptors (Lipinski definition) is 3. The van der Waals surface area contributed by atoms with Gasteiger partial charge in [0.15, 0.2) is 0 Å². The summed E-state index contributed by atoms with van der Waals surface area (Å²) in [5, 5.41) is 8.33. The van der Waals surface area contributed by atoms with Crippen molar-refractivity contribution in [1.82, 2.24) is 15.1 Å². The quantitative estimate of drug-likeness (QED) is 0.737. The number of halogens is 1. The van der Waals surface area contributed by atoms with Gasteiger partial charge in [0.25, 0.3) is 0 Å². The molecule has 1 N–H and O–H groups in total. The highest BCUT2D eigenvalue weighted by Gasteiger charge is 2.37. The third-order valence-electron chi connectivity index (χ3n) is 4.33. The predicted octanol–water partition coefficient (Wildman–Crippen LogP) is 3.17. The second kappa shape index (κ2) is 7.75. The first kappa shape index (κ1) is 17.0. The fourth-order valence-electron chi connectivity index (χ4n) is 3.10. The van der Waals surface area contributed by atoms with E-state index in [1.165, 1.54) is 23.0 Å². The molecule has 0 amide bonds. The molecule has 120 valence electrons. The molecule has 4 nitrogen and oxygen atoms in total. The molecule has 0 aliphatic heterocycles. The van der Waals surface area contributed by atoms with Crippen LogP contribution in [0, 0.1) is 5.92 Å². The number of hydrogen-bond donors (Lipinski definition) is 1. The van der Waals surface area contributed by atoms with Crippen LogP contribution in [0.2, 0.25) is 0 Å². The molecule has 1 saturated carbocycles. The molecule has 1 fully saturated rings. The zero-order valence-corrected chi connectivity index (χ0v) is 15.2. The molecule has 0 saturated heterocycles. The largest absolute Gasteiger partial charge is 0.380 e. The Bertz CT molecular complexity index is 457. The van der Waals surface area contributed by atoms with Crippen LogP contribution in [0.4, 0.5) is 0 Å². The van der Waals surface area contributed by atoms with Crippen molar-refractivity contribution in [3.05, 3.63) is 15.9 Å². The van der Waals surface area contributed by atoms with E-state index in [1.54, 1.807) is 0 Å². The van der Waals surface area contributed by atoms with E-state index in [9.17, 15) is 0 Å². The number of aromatic nitrogens is 2. The van der Waals surface area contributed by atoms with Crippen molar-refractivity contribution >= 4 is 15.9 Å². The van der Waals surface area contributed by atoms with Gasteiger partial charge >= 0.3 is 0 Å². The normalized spacial score (nSPS) is 18.0. The van der Waals surface area contributed by atoms with Gasteiger partial charge in [-0.15, -0.1) is 0 Å². The highest BCUT2D eigenvalue weighted by atomic mass is 79.9. The lowest BCUT2D eigenvalue weighted by molar-refractivity contribution is 0.0509. The average molecular weight is 358 g/mol. The van der Waals surface area contributed by atoms with Gasteiger partial charge in [-0.2, -0.15) is 5.10 Å². The molecule has 1 aliphatic carbocycles. The maximum absolute atomic E-state index is 5.80. The summed E-state index contributed by atoms with van der Waals surface area (Å²) in [5.41, 5.74) is 2.45. The molecule has 0 spiro atoms. The van der Waals surface area contributed by atoms with Crippen LogP contribution in [0.25, 0.3) is 0 Å². The fraction of sp³-hybridized carbons (Fsp3) is 0.812. The van der Waals surface area contributed by atoms with Crippen molar-refractivity contribution in [2.75, 3.05) is 13.7 Å². The summed E-state index contributed by atoms with van der Waals surface area (Å²) < 4.78 is 9.11. The SMILES string of the molecule is CCNC(Cc1c(Br)c(CC)nn1CC)C(OC)C1CC1. The number of rotatable bonds is 9. The fourth-order valence-corrected chi connectivity index (χ4v) is 3.82. The zero-order valence-electron chi connectivity index (χ0n) is 13.7. The van der Waals surface area contributed by atoms with Crippen molar-refractivity contribution in [2.24, 2.45) is 5.92 Å². The van der Waals surface area contributed by atoms with Gasteiger partial charge in [0.1, 0.15) is 0 Å². The van der Waals surface area contributed by atoms with E-state index in [2.05, 4.69) is 46.7 Å². The molecule has 2 atom stereocenters. The minimum atomic E-state index is 0.308. The van der Waals surface area contributed by atoms with Crippen LogP contribution in [-0.4, -0.2) is 35.6 Å². The molecular formula is C16H28BrN3O. The molecule has 21 heavy (non-hydrogen) atoms. The molecule has 0 bridgehead atoms. The van der Waals surface area contributed by atoms with Gasteiger partial charge in [-0.1, -0.05) is 13.8 Å². The summed E-state index contributed by atoms with van der Waals surface area (Å²) in [6.45, 7) is 8.35. The number of aryl methyl sites for hydroxylation is 2. The molecule has 1 heterocycles. The van der Waals surface area contributed by atoms with Crippen molar-refractivity contribution in [3.8, 4) is 0 Å². The second-order valence-corrected chi connectivity index (χ2v) is 6.58. The first-order valence-electron chi connectivity index (χ1n) is 8.16. The van der Waals surface area contributed by atoms with E-state index >= 15 is 0 Å². The number of ether oxygens (including phenoxy) is 1. The smallest absolute Gasteiger partial charge is 0.0766 e. The maximum Gasteiger partial charge on any atom is 0.0766 e. The highest BCUT2D eigenvalue weighted by Crippen LogP contribution is 2.36. The van der Waals surface area contributed by atoms with Crippen LogP contribution >= 0.6 is 15.9 Å². The molecule has 5 heteroatoms. The Morgan fingerprint density at radius 2 is 2.10 bits per heavy atom. The summed E-state index contributed by atoms with van der Waals surface area (Å²) in [7, 11) is 1.84. The van der Waals surface area contributed by atoms with E-state index in [-0.39, 0.29) is 0 Å². The first-order valence-corrected chi connectivity index (χ1v) is 8.95. The number of likely N-dealkylation sites (N-methyl/N-ethyl adjacent to an activating group) is 1. The van der Waals surface area contributed by atoms with Crippen LogP contribution in [0.1, 0.15) is 45.0 Å². The van der Waals surface area contributed by atoms with Crippen molar-refractivity contribution in [3.63, 3.8) is 0 Å². The Balaban J connectivity index is 2.21. The van der Waals surface area contributed by atoms with Gasteiger partial charge in [-0.25, -0.2) is 0 Å². The molecule has 1 aromatic heterocycles. The van der Waals surface area contributed by atoms with E-state index in [4.69, 9.17) is 9.84 Å². The van der Waals surface area contributed by atoms with Gasteiger partial charge in [-0.05, 0) is 54.6 Å². The molecule has 1 aromatic rings. The average Bonchev–Trinajstić information content (AvgIpc) is 3.27. The lowest BCUT2D eigenvalue weighted by atomic mass is 10.0. The van der Waals surface area contributed by atoms with Gasteiger partial charge in [0, 0.05) is 26.1 Å². The molecule has 0 aromatic carbocycles. The number of methoxy groups -OCH3 is 1. The topological polar surface area (TPSA) is 39.1 Å². The van der Waals surface area contributed by atoms with Crippen molar-refractivity contribution < 1.29 is 4.74 Å². The van der Waals surface area contributed by atoms with Crippen molar-refractivity contribution in [2.45, 2.75) is 65.1 Å². The molecular weight excluding hydrogens is 330 g/mol.